The Labute approximate surface area is 258 Å². The molecule has 2 N–H and O–H groups in total. The molecule has 4 aromatic rings. The first-order valence-electron chi connectivity index (χ1n) is 14.5. The average molecular weight is 627 g/mol. The number of likely N-dealkylation sites (tertiary alicyclic amines) is 1. The Bertz CT molecular complexity index is 1610. The molecule has 10 nitrogen and oxygen atoms in total. The van der Waals surface area contributed by atoms with E-state index in [1.807, 2.05) is 0 Å². The molecule has 230 valence electrons. The van der Waals surface area contributed by atoms with Gasteiger partial charge in [0.15, 0.2) is 5.13 Å². The number of rotatable bonds is 11. The molecule has 0 bridgehead atoms. The summed E-state index contributed by atoms with van der Waals surface area (Å²) >= 11 is 3.07. The van der Waals surface area contributed by atoms with Gasteiger partial charge >= 0.3 is 5.63 Å². The van der Waals surface area contributed by atoms with Gasteiger partial charge in [-0.05, 0) is 57.8 Å². The fourth-order valence-corrected chi connectivity index (χ4v) is 6.75. The number of thioether (sulfide) groups is 1. The van der Waals surface area contributed by atoms with Gasteiger partial charge in [-0.15, -0.1) is 11.8 Å². The zero-order chi connectivity index (χ0) is 30.6. The van der Waals surface area contributed by atoms with Crippen molar-refractivity contribution >= 4 is 45.1 Å². The summed E-state index contributed by atoms with van der Waals surface area (Å²) in [5, 5.41) is 14.5. The summed E-state index contributed by atoms with van der Waals surface area (Å²) < 4.78 is 17.9. The van der Waals surface area contributed by atoms with E-state index in [-0.39, 0.29) is 23.0 Å². The number of ether oxygens (including phenoxy) is 1. The number of thiazole rings is 1. The van der Waals surface area contributed by atoms with Gasteiger partial charge in [0.1, 0.15) is 22.8 Å². The molecule has 1 aliphatic heterocycles. The van der Waals surface area contributed by atoms with E-state index in [1.165, 1.54) is 17.4 Å². The van der Waals surface area contributed by atoms with Gasteiger partial charge in [0.05, 0.1) is 34.3 Å². The maximum Gasteiger partial charge on any atom is 0.336 e. The first-order chi connectivity index (χ1) is 20.5. The van der Waals surface area contributed by atoms with Crippen LogP contribution in [0.25, 0.3) is 11.0 Å². The highest BCUT2D eigenvalue weighted by Crippen LogP contribution is 2.33. The molecule has 1 fully saturated rings. The Hall–Kier alpha value is -3.35. The SMILES string of the molecule is Cc1cc(=O)oc2cc(OCCCCN3CCC(C(=O)Nc4ncc(SCc5ncc(C(C)(C)C)o5)s4)CC3)cc(O)c12. The number of amides is 1. The molecule has 1 aromatic carbocycles. The topological polar surface area (TPSA) is 131 Å². The van der Waals surface area contributed by atoms with Crippen LogP contribution in [-0.4, -0.2) is 52.1 Å². The fourth-order valence-electron chi connectivity index (χ4n) is 5.02. The van der Waals surface area contributed by atoms with Crippen molar-refractivity contribution in [1.82, 2.24) is 14.9 Å². The van der Waals surface area contributed by atoms with E-state index in [4.69, 9.17) is 13.6 Å². The molecule has 0 atom stereocenters. The van der Waals surface area contributed by atoms with E-state index in [9.17, 15) is 14.7 Å². The van der Waals surface area contributed by atoms with Gasteiger partial charge in [-0.1, -0.05) is 32.1 Å². The highest BCUT2D eigenvalue weighted by atomic mass is 32.2. The van der Waals surface area contributed by atoms with Crippen LogP contribution in [0.2, 0.25) is 0 Å². The third-order valence-corrected chi connectivity index (χ3v) is 9.53. The van der Waals surface area contributed by atoms with Crippen molar-refractivity contribution in [1.29, 1.82) is 0 Å². The molecule has 0 aliphatic carbocycles. The quantitative estimate of drug-likeness (QED) is 0.110. The number of nitrogens with one attached hydrogen (secondary N) is 1. The number of oxazole rings is 1. The summed E-state index contributed by atoms with van der Waals surface area (Å²) in [5.41, 5.74) is 0.455. The number of benzene rings is 1. The highest BCUT2D eigenvalue weighted by molar-refractivity contribution is 8.00. The number of carbonyl (C=O) groups is 1. The number of phenols is 1. The van der Waals surface area contributed by atoms with E-state index in [0.29, 0.717) is 45.7 Å². The second-order valence-corrected chi connectivity index (χ2v) is 14.2. The van der Waals surface area contributed by atoms with Gasteiger partial charge in [0, 0.05) is 29.5 Å². The Balaban J connectivity index is 0.986. The van der Waals surface area contributed by atoms with Crippen molar-refractivity contribution in [3.8, 4) is 11.5 Å². The van der Waals surface area contributed by atoms with Crippen molar-refractivity contribution < 1.29 is 23.5 Å². The number of aryl methyl sites for hydroxylation is 1. The van der Waals surface area contributed by atoms with Crippen molar-refractivity contribution in [2.75, 3.05) is 31.6 Å². The minimum absolute atomic E-state index is 0.0213. The first-order valence-corrected chi connectivity index (χ1v) is 16.3. The van der Waals surface area contributed by atoms with Crippen LogP contribution >= 0.6 is 23.1 Å². The summed E-state index contributed by atoms with van der Waals surface area (Å²) in [6, 6.07) is 4.56. The molecule has 0 radical (unpaired) electrons. The maximum atomic E-state index is 12.9. The van der Waals surface area contributed by atoms with Crippen molar-refractivity contribution in [3.63, 3.8) is 0 Å². The van der Waals surface area contributed by atoms with E-state index >= 15 is 0 Å². The maximum absolute atomic E-state index is 12.9. The van der Waals surface area contributed by atoms with E-state index in [0.717, 1.165) is 55.3 Å². The van der Waals surface area contributed by atoms with Crippen LogP contribution in [-0.2, 0) is 16.0 Å². The van der Waals surface area contributed by atoms with E-state index in [1.54, 1.807) is 43.2 Å². The number of aromatic hydroxyl groups is 1. The van der Waals surface area contributed by atoms with Crippen LogP contribution in [0.15, 0.2) is 48.4 Å². The van der Waals surface area contributed by atoms with Crippen LogP contribution < -0.4 is 15.7 Å². The number of phenolic OH excluding ortho intramolecular Hbond substituents is 1. The zero-order valence-corrected chi connectivity index (χ0v) is 26.6. The molecular formula is C31H38N4O6S2. The largest absolute Gasteiger partial charge is 0.507 e. The minimum Gasteiger partial charge on any atom is -0.507 e. The number of piperidine rings is 1. The monoisotopic (exact) mass is 626 g/mol. The van der Waals surface area contributed by atoms with Crippen LogP contribution in [0, 0.1) is 12.8 Å². The molecule has 3 aromatic heterocycles. The smallest absolute Gasteiger partial charge is 0.336 e. The predicted octanol–water partition coefficient (Wildman–Crippen LogP) is 6.35. The predicted molar refractivity (Wildman–Crippen MR) is 168 cm³/mol. The normalized spacial score (nSPS) is 14.8. The molecule has 1 saturated heterocycles. The summed E-state index contributed by atoms with van der Waals surface area (Å²) in [4.78, 5) is 35.7. The molecule has 1 aliphatic rings. The van der Waals surface area contributed by atoms with Crippen LogP contribution in [0.3, 0.4) is 0 Å². The van der Waals surface area contributed by atoms with Gasteiger partial charge in [-0.3, -0.25) is 4.79 Å². The van der Waals surface area contributed by atoms with Crippen LogP contribution in [0.4, 0.5) is 5.13 Å². The second kappa shape index (κ2) is 13.5. The minimum atomic E-state index is -0.455. The van der Waals surface area contributed by atoms with Crippen LogP contribution in [0.5, 0.6) is 11.5 Å². The van der Waals surface area contributed by atoms with E-state index in [2.05, 4.69) is 41.0 Å². The number of hydrogen-bond acceptors (Lipinski definition) is 11. The first kappa shape index (κ1) is 31.1. The number of aromatic nitrogens is 2. The lowest BCUT2D eigenvalue weighted by Gasteiger charge is -2.31. The Morgan fingerprint density at radius 3 is 2.70 bits per heavy atom. The molecule has 0 saturated carbocycles. The summed E-state index contributed by atoms with van der Waals surface area (Å²) in [6.07, 6.45) is 7.00. The third-order valence-electron chi connectivity index (χ3n) is 7.44. The molecule has 12 heteroatoms. The van der Waals surface area contributed by atoms with Crippen molar-refractivity contribution in [2.45, 2.75) is 68.8 Å². The highest BCUT2D eigenvalue weighted by Gasteiger charge is 2.25. The van der Waals surface area contributed by atoms with Crippen LogP contribution in [0.1, 0.15) is 63.7 Å². The van der Waals surface area contributed by atoms with Crippen molar-refractivity contribution in [3.05, 3.63) is 58.2 Å². The lowest BCUT2D eigenvalue weighted by molar-refractivity contribution is -0.121. The number of unbranched alkanes of at least 4 members (excludes halogenated alkanes) is 1. The average Bonchev–Trinajstić information content (AvgIpc) is 3.61. The second-order valence-electron chi connectivity index (χ2n) is 11.9. The number of hydrogen-bond donors (Lipinski definition) is 2. The van der Waals surface area contributed by atoms with E-state index < -0.39 is 5.63 Å². The number of nitrogens with zero attached hydrogens (tertiary/aromatic N) is 3. The lowest BCUT2D eigenvalue weighted by atomic mass is 9.94. The Morgan fingerprint density at radius 2 is 1.95 bits per heavy atom. The Morgan fingerprint density at radius 1 is 1.16 bits per heavy atom. The van der Waals surface area contributed by atoms with Gasteiger partial charge in [0.25, 0.3) is 0 Å². The molecule has 1 amide bonds. The van der Waals surface area contributed by atoms with Gasteiger partial charge < -0.3 is 28.9 Å². The molecule has 4 heterocycles. The third kappa shape index (κ3) is 8.18. The van der Waals surface area contributed by atoms with Gasteiger partial charge in [0.2, 0.25) is 11.8 Å². The zero-order valence-electron chi connectivity index (χ0n) is 25.0. The summed E-state index contributed by atoms with van der Waals surface area (Å²) in [5.74, 6) is 2.69. The molecular weight excluding hydrogens is 588 g/mol. The standard InChI is InChI=1S/C31H38N4O6S2/c1-19-13-26(37)40-23-15-21(14-22(36)28(19)23)39-12-6-5-9-35-10-7-20(8-11-35)29(38)34-30-33-17-27(43-30)42-18-25-32-16-24(41-25)31(2,3)4/h13-17,20,36H,5-12,18H2,1-4H3,(H,33,34,38). The summed E-state index contributed by atoms with van der Waals surface area (Å²) in [6.45, 7) is 11.2. The molecule has 0 spiro atoms. The van der Waals surface area contributed by atoms with Gasteiger partial charge in [-0.2, -0.15) is 0 Å². The van der Waals surface area contributed by atoms with Gasteiger partial charge in [-0.25, -0.2) is 14.8 Å². The molecule has 0 unspecified atom stereocenters. The fraction of sp³-hybridized carbons (Fsp3) is 0.484. The number of anilines is 1. The van der Waals surface area contributed by atoms with Crippen molar-refractivity contribution in [2.24, 2.45) is 5.92 Å². The number of fused-ring (bicyclic) bond motifs is 1. The Kier molecular flexibility index (Phi) is 9.78. The lowest BCUT2D eigenvalue weighted by Crippen LogP contribution is -2.38. The number of carbonyl (C=O) groups excluding carboxylic acids is 1. The molecule has 43 heavy (non-hydrogen) atoms. The summed E-state index contributed by atoms with van der Waals surface area (Å²) in [7, 11) is 0. The molecule has 5 rings (SSSR count).